The number of nitrogens with one attached hydrogen (secondary N) is 1. The highest BCUT2D eigenvalue weighted by Gasteiger charge is 2.44. The van der Waals surface area contributed by atoms with Gasteiger partial charge in [0.25, 0.3) is 0 Å². The summed E-state index contributed by atoms with van der Waals surface area (Å²) in [7, 11) is 1.46. The number of ether oxygens (including phenoxy) is 1. The van der Waals surface area contributed by atoms with Crippen molar-refractivity contribution in [3.8, 4) is 0 Å². The van der Waals surface area contributed by atoms with Gasteiger partial charge in [-0.15, -0.1) is 11.8 Å². The van der Waals surface area contributed by atoms with E-state index >= 15 is 0 Å². The smallest absolute Gasteiger partial charge is 0.306 e. The first-order valence-corrected chi connectivity index (χ1v) is 8.64. The van der Waals surface area contributed by atoms with Crippen molar-refractivity contribution in [2.24, 2.45) is 5.41 Å². The van der Waals surface area contributed by atoms with Gasteiger partial charge in [0.05, 0.1) is 13.5 Å². The van der Waals surface area contributed by atoms with Gasteiger partial charge in [0.15, 0.2) is 0 Å². The average Bonchev–Trinajstić information content (AvgIpc) is 3.24. The van der Waals surface area contributed by atoms with Crippen LogP contribution in [0.25, 0.3) is 0 Å². The predicted molar refractivity (Wildman–Crippen MR) is 87.9 cm³/mol. The molecule has 0 bridgehead atoms. The Morgan fingerprint density at radius 2 is 2.24 bits per heavy atom. The fourth-order valence-electron chi connectivity index (χ4n) is 2.25. The van der Waals surface area contributed by atoms with E-state index in [1.807, 2.05) is 12.1 Å². The fraction of sp³-hybridized carbons (Fsp3) is 0.562. The van der Waals surface area contributed by atoms with Crippen molar-refractivity contribution in [2.45, 2.75) is 37.6 Å². The summed E-state index contributed by atoms with van der Waals surface area (Å²) in [6, 6.07) is 6.02. The molecule has 2 rings (SSSR count). The Hall–Kier alpha value is -0.710. The van der Waals surface area contributed by atoms with Crippen molar-refractivity contribution in [1.82, 2.24) is 5.32 Å². The van der Waals surface area contributed by atoms with Crippen LogP contribution in [-0.2, 0) is 16.1 Å². The number of hydrogen-bond acceptors (Lipinski definition) is 4. The minimum Gasteiger partial charge on any atom is -0.469 e. The molecule has 3 nitrogen and oxygen atoms in total. The van der Waals surface area contributed by atoms with Crippen LogP contribution >= 0.6 is 23.4 Å². The van der Waals surface area contributed by atoms with Crippen molar-refractivity contribution >= 4 is 29.3 Å². The molecule has 21 heavy (non-hydrogen) atoms. The second-order valence-corrected chi connectivity index (χ2v) is 6.96. The normalized spacial score (nSPS) is 15.8. The molecule has 1 aliphatic carbocycles. The number of rotatable bonds is 8. The number of halogens is 1. The van der Waals surface area contributed by atoms with Gasteiger partial charge in [0.1, 0.15) is 0 Å². The largest absolute Gasteiger partial charge is 0.469 e. The molecule has 5 heteroatoms. The molecule has 1 aromatic carbocycles. The van der Waals surface area contributed by atoms with E-state index < -0.39 is 0 Å². The highest BCUT2D eigenvalue weighted by atomic mass is 35.5. The predicted octanol–water partition coefficient (Wildman–Crippen LogP) is 3.88. The van der Waals surface area contributed by atoms with Crippen LogP contribution in [-0.4, -0.2) is 25.4 Å². The van der Waals surface area contributed by atoms with E-state index in [0.717, 1.165) is 42.3 Å². The molecule has 1 fully saturated rings. The van der Waals surface area contributed by atoms with Gasteiger partial charge in [-0.1, -0.05) is 24.6 Å². The molecule has 1 aliphatic rings. The lowest BCUT2D eigenvalue weighted by atomic mass is 10.1. The van der Waals surface area contributed by atoms with E-state index in [1.54, 1.807) is 11.8 Å². The molecule has 0 aromatic heterocycles. The Bertz CT molecular complexity index is 503. The lowest BCUT2D eigenvalue weighted by molar-refractivity contribution is -0.141. The Labute approximate surface area is 135 Å². The zero-order chi connectivity index (χ0) is 15.3. The summed E-state index contributed by atoms with van der Waals surface area (Å²) in [6.45, 7) is 3.78. The van der Waals surface area contributed by atoms with E-state index in [1.165, 1.54) is 12.0 Å². The van der Waals surface area contributed by atoms with Gasteiger partial charge < -0.3 is 10.1 Å². The van der Waals surface area contributed by atoms with Crippen molar-refractivity contribution in [3.63, 3.8) is 0 Å². The highest BCUT2D eigenvalue weighted by molar-refractivity contribution is 7.99. The van der Waals surface area contributed by atoms with Crippen molar-refractivity contribution in [1.29, 1.82) is 0 Å². The van der Waals surface area contributed by atoms with Crippen molar-refractivity contribution < 1.29 is 9.53 Å². The van der Waals surface area contributed by atoms with Gasteiger partial charge in [-0.3, -0.25) is 4.79 Å². The van der Waals surface area contributed by atoms with Gasteiger partial charge in [-0.25, -0.2) is 0 Å². The van der Waals surface area contributed by atoms with Crippen LogP contribution in [0.3, 0.4) is 0 Å². The van der Waals surface area contributed by atoms with Gasteiger partial charge in [-0.05, 0) is 42.5 Å². The molecule has 116 valence electrons. The topological polar surface area (TPSA) is 38.3 Å². The zero-order valence-electron chi connectivity index (χ0n) is 12.6. The van der Waals surface area contributed by atoms with Gasteiger partial charge in [0.2, 0.25) is 0 Å². The van der Waals surface area contributed by atoms with E-state index in [0.29, 0.717) is 6.42 Å². The Balaban J connectivity index is 2.00. The monoisotopic (exact) mass is 327 g/mol. The number of methoxy groups -OCH3 is 1. The number of hydrogen-bond donors (Lipinski definition) is 1. The maximum Gasteiger partial charge on any atom is 0.306 e. The minimum atomic E-state index is -0.105. The Morgan fingerprint density at radius 3 is 2.86 bits per heavy atom. The second kappa shape index (κ2) is 7.52. The Kier molecular flexibility index (Phi) is 5.97. The summed E-state index contributed by atoms with van der Waals surface area (Å²) in [6.07, 6.45) is 2.75. The molecule has 0 radical (unpaired) electrons. The standard InChI is InChI=1S/C16H22ClNO2S/c1-3-18-10-12-13(17)5-4-6-14(12)21-11-16(7-8-16)9-15(19)20-2/h4-6,18H,3,7-11H2,1-2H3. The van der Waals surface area contributed by atoms with Crippen molar-refractivity contribution in [3.05, 3.63) is 28.8 Å². The van der Waals surface area contributed by atoms with Crippen molar-refractivity contribution in [2.75, 3.05) is 19.4 Å². The average molecular weight is 328 g/mol. The van der Waals surface area contributed by atoms with E-state index in [4.69, 9.17) is 16.3 Å². The first kappa shape index (κ1) is 16.7. The van der Waals surface area contributed by atoms with Crippen LogP contribution in [0.5, 0.6) is 0 Å². The summed E-state index contributed by atoms with van der Waals surface area (Å²) >= 11 is 8.11. The quantitative estimate of drug-likeness (QED) is 0.581. The third-order valence-corrected chi connectivity index (χ3v) is 5.67. The third-order valence-electron chi connectivity index (χ3n) is 3.87. The third kappa shape index (κ3) is 4.63. The first-order chi connectivity index (χ1) is 10.1. The maximum atomic E-state index is 11.5. The molecule has 0 amide bonds. The summed E-state index contributed by atoms with van der Waals surface area (Å²) in [5.41, 5.74) is 1.29. The van der Waals surface area contributed by atoms with E-state index in [9.17, 15) is 4.79 Å². The molecule has 1 N–H and O–H groups in total. The van der Waals surface area contributed by atoms with Crippen LogP contribution < -0.4 is 5.32 Å². The summed E-state index contributed by atoms with van der Waals surface area (Å²) in [4.78, 5) is 12.7. The number of benzene rings is 1. The number of esters is 1. The molecule has 0 heterocycles. The van der Waals surface area contributed by atoms with Gasteiger partial charge in [0, 0.05) is 22.2 Å². The fourth-order valence-corrected chi connectivity index (χ4v) is 3.93. The second-order valence-electron chi connectivity index (χ2n) is 5.54. The van der Waals surface area contributed by atoms with E-state index in [-0.39, 0.29) is 11.4 Å². The van der Waals surface area contributed by atoms with Crippen LogP contribution in [0.2, 0.25) is 5.02 Å². The lowest BCUT2D eigenvalue weighted by Gasteiger charge is -2.16. The summed E-state index contributed by atoms with van der Waals surface area (Å²) < 4.78 is 4.79. The van der Waals surface area contributed by atoms with Crippen LogP contribution in [0, 0.1) is 5.41 Å². The highest BCUT2D eigenvalue weighted by Crippen LogP contribution is 2.52. The molecule has 0 atom stereocenters. The minimum absolute atomic E-state index is 0.105. The molecular formula is C16H22ClNO2S. The summed E-state index contributed by atoms with van der Waals surface area (Å²) in [5, 5.41) is 4.13. The molecule has 1 saturated carbocycles. The number of carbonyl (C=O) groups is 1. The Morgan fingerprint density at radius 1 is 1.48 bits per heavy atom. The summed E-state index contributed by atoms with van der Waals surface area (Å²) in [5.74, 6) is 0.841. The maximum absolute atomic E-state index is 11.5. The molecule has 0 unspecified atom stereocenters. The molecular weight excluding hydrogens is 306 g/mol. The van der Waals surface area contributed by atoms with Crippen LogP contribution in [0.1, 0.15) is 31.7 Å². The molecule has 1 aromatic rings. The first-order valence-electron chi connectivity index (χ1n) is 7.28. The molecule has 0 saturated heterocycles. The van der Waals surface area contributed by atoms with Gasteiger partial charge >= 0.3 is 5.97 Å². The SMILES string of the molecule is CCNCc1c(Cl)cccc1SCC1(CC(=O)OC)CC1. The molecule has 0 spiro atoms. The number of thioether (sulfide) groups is 1. The molecule has 0 aliphatic heterocycles. The van der Waals surface area contributed by atoms with Crippen LogP contribution in [0.15, 0.2) is 23.1 Å². The lowest BCUT2D eigenvalue weighted by Crippen LogP contribution is -2.14. The van der Waals surface area contributed by atoms with Gasteiger partial charge in [-0.2, -0.15) is 0 Å². The zero-order valence-corrected chi connectivity index (χ0v) is 14.1. The van der Waals surface area contributed by atoms with Crippen LogP contribution in [0.4, 0.5) is 0 Å². The van der Waals surface area contributed by atoms with E-state index in [2.05, 4.69) is 18.3 Å². The number of carbonyl (C=O) groups excluding carboxylic acids is 1.